The zero-order valence-corrected chi connectivity index (χ0v) is 16.7. The van der Waals surface area contributed by atoms with Crippen LogP contribution < -0.4 is 4.90 Å². The van der Waals surface area contributed by atoms with Gasteiger partial charge in [-0.15, -0.1) is 0 Å². The molecule has 1 amide bonds. The molecule has 3 aliphatic rings. The standard InChI is InChI=1S/C16H16Cl2N2O4S2/c17-9-4-10(18)6-11(5-9)20-12-7-26(22,23)8-14(12)25-16(20)19-15(21)13-2-1-3-24-13/h4-6,12-14H,1-3,7-8H2/t12-,13?,14+/m0/s1. The number of amides is 1. The van der Waals surface area contributed by atoms with Gasteiger partial charge in [0.05, 0.1) is 17.5 Å². The van der Waals surface area contributed by atoms with Gasteiger partial charge in [0.2, 0.25) is 0 Å². The number of nitrogens with zero attached hydrogens (tertiary/aromatic N) is 2. The fourth-order valence-electron chi connectivity index (χ4n) is 3.48. The van der Waals surface area contributed by atoms with Crippen molar-refractivity contribution in [2.24, 2.45) is 4.99 Å². The summed E-state index contributed by atoms with van der Waals surface area (Å²) in [6.45, 7) is 0.561. The Morgan fingerprint density at radius 1 is 1.23 bits per heavy atom. The Morgan fingerprint density at radius 2 is 1.96 bits per heavy atom. The van der Waals surface area contributed by atoms with Crippen LogP contribution in [0.4, 0.5) is 5.69 Å². The van der Waals surface area contributed by atoms with Gasteiger partial charge in [0.15, 0.2) is 15.0 Å². The molecule has 1 unspecified atom stereocenters. The molecule has 3 heterocycles. The molecule has 0 saturated carbocycles. The van der Waals surface area contributed by atoms with E-state index in [4.69, 9.17) is 27.9 Å². The molecule has 3 aliphatic heterocycles. The predicted molar refractivity (Wildman–Crippen MR) is 104 cm³/mol. The topological polar surface area (TPSA) is 76.0 Å². The van der Waals surface area contributed by atoms with Crippen LogP contribution >= 0.6 is 35.0 Å². The lowest BCUT2D eigenvalue weighted by Gasteiger charge is -2.25. The van der Waals surface area contributed by atoms with E-state index in [0.717, 1.165) is 6.42 Å². The van der Waals surface area contributed by atoms with Crippen LogP contribution in [0.2, 0.25) is 10.0 Å². The minimum absolute atomic E-state index is 0.0158. The number of benzene rings is 1. The number of ether oxygens (including phenoxy) is 1. The van der Waals surface area contributed by atoms with Crippen LogP contribution in [-0.4, -0.2) is 55.0 Å². The van der Waals surface area contributed by atoms with E-state index in [9.17, 15) is 13.2 Å². The van der Waals surface area contributed by atoms with Crippen LogP contribution in [0.15, 0.2) is 23.2 Å². The molecule has 6 nitrogen and oxygen atoms in total. The summed E-state index contributed by atoms with van der Waals surface area (Å²) in [5.74, 6) is -0.242. The van der Waals surface area contributed by atoms with Crippen LogP contribution in [0.1, 0.15) is 12.8 Å². The molecule has 10 heteroatoms. The second-order valence-corrected chi connectivity index (χ2v) is 10.8. The minimum Gasteiger partial charge on any atom is -0.368 e. The van der Waals surface area contributed by atoms with Crippen molar-refractivity contribution in [3.8, 4) is 0 Å². The quantitative estimate of drug-likeness (QED) is 0.711. The third-order valence-electron chi connectivity index (χ3n) is 4.60. The Kier molecular flexibility index (Phi) is 4.98. The summed E-state index contributed by atoms with van der Waals surface area (Å²) in [6, 6.07) is 4.71. The van der Waals surface area contributed by atoms with E-state index in [1.54, 1.807) is 23.1 Å². The molecule has 0 spiro atoms. The van der Waals surface area contributed by atoms with Crippen LogP contribution in [-0.2, 0) is 19.4 Å². The summed E-state index contributed by atoms with van der Waals surface area (Å²) >= 11 is 13.6. The van der Waals surface area contributed by atoms with Crippen LogP contribution in [0.5, 0.6) is 0 Å². The molecule has 4 rings (SSSR count). The number of sulfone groups is 1. The van der Waals surface area contributed by atoms with Gasteiger partial charge >= 0.3 is 0 Å². The summed E-state index contributed by atoms with van der Waals surface area (Å²) in [6.07, 6.45) is 0.979. The fraction of sp³-hybridized carbons (Fsp3) is 0.500. The highest BCUT2D eigenvalue weighted by molar-refractivity contribution is 8.16. The fourth-order valence-corrected chi connectivity index (χ4v) is 7.92. The van der Waals surface area contributed by atoms with E-state index in [1.807, 2.05) is 0 Å². The Hall–Kier alpha value is -0.800. The van der Waals surface area contributed by atoms with Crippen molar-refractivity contribution < 1.29 is 17.9 Å². The number of carbonyl (C=O) groups excluding carboxylic acids is 1. The van der Waals surface area contributed by atoms with Crippen LogP contribution in [0.25, 0.3) is 0 Å². The number of hydrogen-bond donors (Lipinski definition) is 0. The van der Waals surface area contributed by atoms with Gasteiger partial charge in [-0.3, -0.25) is 4.79 Å². The Bertz CT molecular complexity index is 864. The molecule has 3 atom stereocenters. The SMILES string of the molecule is O=C(N=C1S[C@@H]2CS(=O)(=O)C[C@@H]2N1c1cc(Cl)cc(Cl)c1)C1CCCO1. The largest absolute Gasteiger partial charge is 0.368 e. The van der Waals surface area contributed by atoms with Gasteiger partial charge in [-0.05, 0) is 31.0 Å². The van der Waals surface area contributed by atoms with Gasteiger partial charge in [-0.25, -0.2) is 8.42 Å². The predicted octanol–water partition coefficient (Wildman–Crippen LogP) is 2.77. The molecule has 3 saturated heterocycles. The summed E-state index contributed by atoms with van der Waals surface area (Å²) < 4.78 is 29.6. The maximum absolute atomic E-state index is 12.4. The van der Waals surface area contributed by atoms with E-state index in [2.05, 4.69) is 4.99 Å². The van der Waals surface area contributed by atoms with Crippen molar-refractivity contribution in [2.45, 2.75) is 30.2 Å². The van der Waals surface area contributed by atoms with Gasteiger partial charge in [0, 0.05) is 27.6 Å². The zero-order chi connectivity index (χ0) is 18.5. The van der Waals surface area contributed by atoms with Gasteiger partial charge in [-0.2, -0.15) is 4.99 Å². The normalized spacial score (nSPS) is 31.5. The Balaban J connectivity index is 1.72. The molecule has 26 heavy (non-hydrogen) atoms. The first-order valence-corrected chi connectivity index (χ1v) is 11.6. The number of carbonyl (C=O) groups is 1. The van der Waals surface area contributed by atoms with E-state index >= 15 is 0 Å². The molecule has 1 aromatic rings. The van der Waals surface area contributed by atoms with Gasteiger partial charge < -0.3 is 9.64 Å². The highest BCUT2D eigenvalue weighted by atomic mass is 35.5. The molecule has 1 aromatic carbocycles. The summed E-state index contributed by atoms with van der Waals surface area (Å²) in [4.78, 5) is 18.5. The summed E-state index contributed by atoms with van der Waals surface area (Å²) in [5.41, 5.74) is 0.637. The number of fused-ring (bicyclic) bond motifs is 1. The van der Waals surface area contributed by atoms with Crippen molar-refractivity contribution in [3.05, 3.63) is 28.2 Å². The Morgan fingerprint density at radius 3 is 2.62 bits per heavy atom. The lowest BCUT2D eigenvalue weighted by atomic mass is 10.2. The van der Waals surface area contributed by atoms with E-state index < -0.39 is 15.9 Å². The molecular formula is C16H16Cl2N2O4S2. The van der Waals surface area contributed by atoms with E-state index in [1.165, 1.54) is 11.8 Å². The average Bonchev–Trinajstić information content (AvgIpc) is 3.20. The molecule has 0 aliphatic carbocycles. The second kappa shape index (κ2) is 6.98. The maximum atomic E-state index is 12.4. The van der Waals surface area contributed by atoms with E-state index in [0.29, 0.717) is 33.9 Å². The van der Waals surface area contributed by atoms with Crippen molar-refractivity contribution in [1.29, 1.82) is 0 Å². The molecule has 0 N–H and O–H groups in total. The lowest BCUT2D eigenvalue weighted by molar-refractivity contribution is -0.126. The minimum atomic E-state index is -3.13. The lowest BCUT2D eigenvalue weighted by Crippen LogP contribution is -2.38. The van der Waals surface area contributed by atoms with Crippen molar-refractivity contribution >= 4 is 61.6 Å². The summed E-state index contributed by atoms with van der Waals surface area (Å²) in [7, 11) is -3.13. The Labute approximate surface area is 165 Å². The van der Waals surface area contributed by atoms with Crippen molar-refractivity contribution in [3.63, 3.8) is 0 Å². The zero-order valence-electron chi connectivity index (χ0n) is 13.6. The number of anilines is 1. The third-order valence-corrected chi connectivity index (χ3v) is 8.25. The average molecular weight is 435 g/mol. The molecule has 140 valence electrons. The molecule has 0 aromatic heterocycles. The molecule has 0 radical (unpaired) electrons. The number of aliphatic imine (C=N–C) groups is 1. The highest BCUT2D eigenvalue weighted by Gasteiger charge is 2.49. The van der Waals surface area contributed by atoms with Gasteiger partial charge in [0.25, 0.3) is 5.91 Å². The smallest absolute Gasteiger partial charge is 0.277 e. The number of thioether (sulfide) groups is 1. The first-order chi connectivity index (χ1) is 12.3. The first kappa shape index (κ1) is 18.6. The first-order valence-electron chi connectivity index (χ1n) is 8.19. The van der Waals surface area contributed by atoms with Crippen molar-refractivity contribution in [2.75, 3.05) is 23.0 Å². The molecule has 3 fully saturated rings. The molecular weight excluding hydrogens is 419 g/mol. The highest BCUT2D eigenvalue weighted by Crippen LogP contribution is 2.42. The van der Waals surface area contributed by atoms with Gasteiger partial charge in [-0.1, -0.05) is 35.0 Å². The number of hydrogen-bond acceptors (Lipinski definition) is 5. The second-order valence-electron chi connectivity index (χ2n) is 6.53. The number of amidine groups is 1. The van der Waals surface area contributed by atoms with Crippen LogP contribution in [0, 0.1) is 0 Å². The maximum Gasteiger partial charge on any atom is 0.277 e. The molecule has 0 bridgehead atoms. The number of halogens is 2. The van der Waals surface area contributed by atoms with E-state index in [-0.39, 0.29) is 28.7 Å². The van der Waals surface area contributed by atoms with Gasteiger partial charge in [0.1, 0.15) is 6.10 Å². The summed E-state index contributed by atoms with van der Waals surface area (Å²) in [5, 5.41) is 1.18. The number of rotatable bonds is 2. The van der Waals surface area contributed by atoms with Crippen LogP contribution in [0.3, 0.4) is 0 Å². The third kappa shape index (κ3) is 3.62. The monoisotopic (exact) mass is 434 g/mol. The van der Waals surface area contributed by atoms with Crippen molar-refractivity contribution in [1.82, 2.24) is 0 Å².